The Bertz CT molecular complexity index is 716. The molecular weight excluding hydrogens is 462 g/mol. The maximum absolute atomic E-state index is 12.0. The number of carbonyl (C=O) groups is 2. The van der Waals surface area contributed by atoms with E-state index in [2.05, 4.69) is 10.6 Å². The molecule has 0 heterocycles. The molecule has 0 aliphatic carbocycles. The second-order valence-electron chi connectivity index (χ2n) is 5.81. The molecule has 2 aromatic carbocycles. The van der Waals surface area contributed by atoms with E-state index in [4.69, 9.17) is 0 Å². The number of benzene rings is 2. The molecule has 0 aromatic heterocycles. The Hall–Kier alpha value is -1.98. The number of hydrogen-bond donors (Lipinski definition) is 2. The number of nitrogens with zero attached hydrogens (tertiary/aromatic N) is 2. The minimum atomic E-state index is -0.139. The maximum atomic E-state index is 12.0. The van der Waals surface area contributed by atoms with Gasteiger partial charge in [0.05, 0.1) is 0 Å². The molecule has 2 rings (SSSR count). The second kappa shape index (κ2) is 9.64. The summed E-state index contributed by atoms with van der Waals surface area (Å²) in [7, 11) is 6.88. The summed E-state index contributed by atoms with van der Waals surface area (Å²) in [5.41, 5.74) is 1.70. The van der Waals surface area contributed by atoms with E-state index in [0.717, 1.165) is 20.3 Å². The van der Waals surface area contributed by atoms with Crippen molar-refractivity contribution in [3.8, 4) is 0 Å². The van der Waals surface area contributed by atoms with E-state index in [-0.39, 0.29) is 38.3 Å². The summed E-state index contributed by atoms with van der Waals surface area (Å²) in [6, 6.07) is 15.5. The van der Waals surface area contributed by atoms with E-state index < -0.39 is 0 Å². The van der Waals surface area contributed by atoms with Crippen molar-refractivity contribution in [3.05, 3.63) is 48.5 Å². The van der Waals surface area contributed by atoms with Gasteiger partial charge in [0.2, 0.25) is 0 Å². The van der Waals surface area contributed by atoms with Gasteiger partial charge in [-0.1, -0.05) is 0 Å². The predicted octanol–water partition coefficient (Wildman–Crippen LogP) is 1.15. The van der Waals surface area contributed by atoms with Gasteiger partial charge in [0.15, 0.2) is 0 Å². The minimum absolute atomic E-state index is 0.139. The Balaban J connectivity index is 2.12. The third-order valence-corrected chi connectivity index (χ3v) is 10.5. The van der Waals surface area contributed by atoms with Gasteiger partial charge in [-0.25, -0.2) is 0 Å². The fraction of sp³-hybridized carbons (Fsp3) is 0.222. The van der Waals surface area contributed by atoms with Crippen LogP contribution in [0.5, 0.6) is 0 Å². The molecule has 0 atom stereocenters. The molecule has 138 valence electrons. The monoisotopic (exact) mass is 486 g/mol. The van der Waals surface area contributed by atoms with Crippen molar-refractivity contribution in [1.29, 1.82) is 0 Å². The van der Waals surface area contributed by atoms with Crippen LogP contribution >= 0.6 is 0 Å². The quantitative estimate of drug-likeness (QED) is 0.626. The van der Waals surface area contributed by atoms with Crippen LogP contribution in [0.15, 0.2) is 48.5 Å². The van der Waals surface area contributed by atoms with Gasteiger partial charge in [-0.3, -0.25) is 0 Å². The van der Waals surface area contributed by atoms with Crippen LogP contribution in [0.25, 0.3) is 0 Å². The van der Waals surface area contributed by atoms with Crippen molar-refractivity contribution in [2.45, 2.75) is 0 Å². The van der Waals surface area contributed by atoms with Gasteiger partial charge in [-0.05, 0) is 0 Å². The van der Waals surface area contributed by atoms with Gasteiger partial charge >= 0.3 is 165 Å². The van der Waals surface area contributed by atoms with Crippen LogP contribution in [-0.2, 0) is 0 Å². The van der Waals surface area contributed by atoms with Crippen LogP contribution in [0.3, 0.4) is 0 Å². The topological polar surface area (TPSA) is 64.7 Å². The van der Waals surface area contributed by atoms with Crippen molar-refractivity contribution in [1.82, 2.24) is 9.80 Å². The average molecular weight is 484 g/mol. The average Bonchev–Trinajstić information content (AvgIpc) is 2.61. The molecule has 0 unspecified atom stereocenters. The summed E-state index contributed by atoms with van der Waals surface area (Å²) < 4.78 is 2.29. The van der Waals surface area contributed by atoms with Gasteiger partial charge in [-0.2, -0.15) is 0 Å². The van der Waals surface area contributed by atoms with E-state index in [1.54, 1.807) is 28.2 Å². The molecule has 0 radical (unpaired) electrons. The molecule has 2 N–H and O–H groups in total. The van der Waals surface area contributed by atoms with Crippen LogP contribution in [0.2, 0.25) is 0 Å². The third kappa shape index (κ3) is 5.78. The molecule has 8 heteroatoms. The van der Waals surface area contributed by atoms with Crippen LogP contribution in [0.4, 0.5) is 21.0 Å². The zero-order chi connectivity index (χ0) is 19.1. The number of hydrogen-bond acceptors (Lipinski definition) is 2. The van der Waals surface area contributed by atoms with Crippen molar-refractivity contribution in [2.24, 2.45) is 0 Å². The van der Waals surface area contributed by atoms with Gasteiger partial charge in [0, 0.05) is 0 Å². The Morgan fingerprint density at radius 1 is 0.692 bits per heavy atom. The first-order valence-corrected chi connectivity index (χ1v) is 13.9. The number of anilines is 2. The van der Waals surface area contributed by atoms with Gasteiger partial charge in [0.25, 0.3) is 0 Å². The molecular formula is C18H22N4O2Se2. The van der Waals surface area contributed by atoms with Crippen LogP contribution in [0, 0.1) is 0 Å². The molecule has 4 amide bonds. The Morgan fingerprint density at radius 3 is 1.38 bits per heavy atom. The summed E-state index contributed by atoms with van der Waals surface area (Å²) in [6.45, 7) is 0. The first-order valence-electron chi connectivity index (χ1n) is 7.87. The number of rotatable bonds is 5. The zero-order valence-electron chi connectivity index (χ0n) is 15.1. The van der Waals surface area contributed by atoms with Gasteiger partial charge in [-0.15, -0.1) is 0 Å². The van der Waals surface area contributed by atoms with E-state index in [1.807, 2.05) is 48.5 Å². The van der Waals surface area contributed by atoms with Crippen LogP contribution in [-0.4, -0.2) is 76.3 Å². The molecule has 26 heavy (non-hydrogen) atoms. The molecule has 0 saturated heterocycles. The number of para-hydroxylation sites is 2. The van der Waals surface area contributed by atoms with Crippen molar-refractivity contribution in [2.75, 3.05) is 38.8 Å². The standard InChI is InChI=1S/C18H22N4O2Se2/c1-21(2)17(23)19-13-9-5-7-11-15(13)25-26-16-12-8-6-10-14(16)20-18(24)22(3)4/h5-12H,1-4H3,(H,19,23)(H,20,24). The predicted molar refractivity (Wildman–Crippen MR) is 109 cm³/mol. The first-order chi connectivity index (χ1) is 12.4. The molecule has 2 aromatic rings. The van der Waals surface area contributed by atoms with E-state index in [1.165, 1.54) is 9.80 Å². The first kappa shape index (κ1) is 20.3. The van der Waals surface area contributed by atoms with Gasteiger partial charge < -0.3 is 0 Å². The van der Waals surface area contributed by atoms with Crippen molar-refractivity contribution >= 4 is 58.6 Å². The molecule has 0 bridgehead atoms. The summed E-state index contributed by atoms with van der Waals surface area (Å²) >= 11 is 0.338. The van der Waals surface area contributed by atoms with Crippen molar-refractivity contribution < 1.29 is 9.59 Å². The normalized spacial score (nSPS) is 10.2. The SMILES string of the molecule is CN(C)C(=O)Nc1ccccc1[Se][Se]c1ccccc1NC(=O)N(C)C. The molecule has 0 spiro atoms. The number of nitrogens with one attached hydrogen (secondary N) is 2. The summed E-state index contributed by atoms with van der Waals surface area (Å²) in [5.74, 6) is 0. The second-order valence-corrected chi connectivity index (χ2v) is 12.0. The summed E-state index contributed by atoms with van der Waals surface area (Å²) in [4.78, 5) is 26.9. The number of urea groups is 2. The third-order valence-electron chi connectivity index (χ3n) is 3.29. The molecule has 0 fully saturated rings. The van der Waals surface area contributed by atoms with E-state index in [9.17, 15) is 9.59 Å². The Kier molecular flexibility index (Phi) is 7.54. The summed E-state index contributed by atoms with van der Waals surface area (Å²) in [6.07, 6.45) is 0. The van der Waals surface area contributed by atoms with Crippen molar-refractivity contribution in [3.63, 3.8) is 0 Å². The van der Waals surface area contributed by atoms with Crippen LogP contribution < -0.4 is 19.6 Å². The molecule has 0 aliphatic rings. The zero-order valence-corrected chi connectivity index (χ0v) is 18.6. The number of amides is 4. The molecule has 0 saturated carbocycles. The van der Waals surface area contributed by atoms with E-state index in [0.29, 0.717) is 0 Å². The van der Waals surface area contributed by atoms with Gasteiger partial charge in [0.1, 0.15) is 0 Å². The summed E-state index contributed by atoms with van der Waals surface area (Å²) in [5, 5.41) is 5.89. The van der Waals surface area contributed by atoms with Crippen LogP contribution in [0.1, 0.15) is 0 Å². The number of carbonyl (C=O) groups excluding carboxylic acids is 2. The Morgan fingerprint density at radius 2 is 1.04 bits per heavy atom. The molecule has 6 nitrogen and oxygen atoms in total. The van der Waals surface area contributed by atoms with E-state index >= 15 is 0 Å². The Labute approximate surface area is 165 Å². The molecule has 0 aliphatic heterocycles. The fourth-order valence-corrected chi connectivity index (χ4v) is 8.77. The fourth-order valence-electron chi connectivity index (χ4n) is 1.83.